The lowest BCUT2D eigenvalue weighted by atomic mass is 10.0. The largest absolute Gasteiger partial charge is 0.378 e. The first kappa shape index (κ1) is 13.5. The van der Waals surface area contributed by atoms with E-state index in [1.165, 1.54) is 18.2 Å². The highest BCUT2D eigenvalue weighted by Crippen LogP contribution is 2.22. The standard InChI is InChI=1S/C14H16ClFO2/c15-13-6-4-10(16)9-12(13)14(17)7-5-11-3-1-2-8-18-11/h4,6,9,11H,1-3,5,7-8H2. The quantitative estimate of drug-likeness (QED) is 0.773. The summed E-state index contributed by atoms with van der Waals surface area (Å²) in [7, 11) is 0. The van der Waals surface area contributed by atoms with Crippen LogP contribution in [0.2, 0.25) is 5.02 Å². The molecule has 0 aliphatic carbocycles. The molecule has 1 atom stereocenters. The van der Waals surface area contributed by atoms with Gasteiger partial charge < -0.3 is 4.74 Å². The highest BCUT2D eigenvalue weighted by atomic mass is 35.5. The molecule has 18 heavy (non-hydrogen) atoms. The predicted molar refractivity (Wildman–Crippen MR) is 68.6 cm³/mol. The minimum absolute atomic E-state index is 0.117. The van der Waals surface area contributed by atoms with Gasteiger partial charge in [0.2, 0.25) is 0 Å². The molecule has 0 amide bonds. The number of carbonyl (C=O) groups excluding carboxylic acids is 1. The number of benzene rings is 1. The lowest BCUT2D eigenvalue weighted by Gasteiger charge is -2.22. The second-order valence-corrected chi connectivity index (χ2v) is 4.98. The molecule has 0 N–H and O–H groups in total. The number of ether oxygens (including phenoxy) is 1. The lowest BCUT2D eigenvalue weighted by molar-refractivity contribution is 0.0104. The minimum Gasteiger partial charge on any atom is -0.378 e. The van der Waals surface area contributed by atoms with Crippen molar-refractivity contribution in [1.82, 2.24) is 0 Å². The summed E-state index contributed by atoms with van der Waals surface area (Å²) < 4.78 is 18.6. The Morgan fingerprint density at radius 1 is 1.44 bits per heavy atom. The highest BCUT2D eigenvalue weighted by Gasteiger charge is 2.17. The molecule has 0 aromatic heterocycles. The minimum atomic E-state index is -0.434. The van der Waals surface area contributed by atoms with E-state index in [1.807, 2.05) is 0 Å². The predicted octanol–water partition coefficient (Wildman–Crippen LogP) is 4.01. The Bertz CT molecular complexity index is 428. The average molecular weight is 271 g/mol. The van der Waals surface area contributed by atoms with Gasteiger partial charge in [-0.2, -0.15) is 0 Å². The van der Waals surface area contributed by atoms with Crippen LogP contribution in [0.1, 0.15) is 42.5 Å². The summed E-state index contributed by atoms with van der Waals surface area (Å²) in [4.78, 5) is 12.0. The maximum Gasteiger partial charge on any atom is 0.164 e. The molecular formula is C14H16ClFO2. The molecule has 1 aromatic carbocycles. The zero-order chi connectivity index (χ0) is 13.0. The number of halogens is 2. The molecule has 1 heterocycles. The van der Waals surface area contributed by atoms with Crippen molar-refractivity contribution >= 4 is 17.4 Å². The first-order chi connectivity index (χ1) is 8.66. The molecule has 4 heteroatoms. The Balaban J connectivity index is 1.92. The highest BCUT2D eigenvalue weighted by molar-refractivity contribution is 6.33. The Hall–Kier alpha value is -0.930. The molecule has 1 aliphatic rings. The maximum atomic E-state index is 13.1. The topological polar surface area (TPSA) is 26.3 Å². The Morgan fingerprint density at radius 2 is 2.28 bits per heavy atom. The van der Waals surface area contributed by atoms with Crippen LogP contribution < -0.4 is 0 Å². The van der Waals surface area contributed by atoms with Crippen LogP contribution in [0, 0.1) is 5.82 Å². The van der Waals surface area contributed by atoms with Gasteiger partial charge in [-0.25, -0.2) is 4.39 Å². The van der Waals surface area contributed by atoms with Crippen LogP contribution in [0.4, 0.5) is 4.39 Å². The number of carbonyl (C=O) groups is 1. The van der Waals surface area contributed by atoms with E-state index < -0.39 is 5.82 Å². The monoisotopic (exact) mass is 270 g/mol. The molecule has 98 valence electrons. The van der Waals surface area contributed by atoms with Gasteiger partial charge >= 0.3 is 0 Å². The van der Waals surface area contributed by atoms with Gasteiger partial charge in [0.05, 0.1) is 11.1 Å². The van der Waals surface area contributed by atoms with Crippen molar-refractivity contribution in [2.24, 2.45) is 0 Å². The Morgan fingerprint density at radius 3 is 3.00 bits per heavy atom. The second kappa shape index (κ2) is 6.30. The summed E-state index contributed by atoms with van der Waals surface area (Å²) in [6.07, 6.45) is 4.46. The van der Waals surface area contributed by atoms with E-state index in [0.717, 1.165) is 25.9 Å². The number of hydrogen-bond acceptors (Lipinski definition) is 2. The van der Waals surface area contributed by atoms with Gasteiger partial charge in [-0.05, 0) is 43.9 Å². The molecule has 1 unspecified atom stereocenters. The number of rotatable bonds is 4. The third-order valence-electron chi connectivity index (χ3n) is 3.20. The van der Waals surface area contributed by atoms with E-state index >= 15 is 0 Å². The van der Waals surface area contributed by atoms with Crippen molar-refractivity contribution in [3.8, 4) is 0 Å². The maximum absolute atomic E-state index is 13.1. The molecule has 2 nitrogen and oxygen atoms in total. The summed E-state index contributed by atoms with van der Waals surface area (Å²) >= 11 is 5.89. The second-order valence-electron chi connectivity index (χ2n) is 4.57. The average Bonchev–Trinajstić information content (AvgIpc) is 2.40. The van der Waals surface area contributed by atoms with Crippen molar-refractivity contribution in [1.29, 1.82) is 0 Å². The molecule has 0 radical (unpaired) electrons. The molecule has 1 fully saturated rings. The number of Topliss-reactive ketones (excluding diaryl/α,β-unsaturated/α-hetero) is 1. The van der Waals surface area contributed by atoms with Crippen LogP contribution in [0.15, 0.2) is 18.2 Å². The third kappa shape index (κ3) is 3.53. The van der Waals surface area contributed by atoms with Gasteiger partial charge in [0.15, 0.2) is 5.78 Å². The molecule has 1 aromatic rings. The molecule has 0 spiro atoms. The van der Waals surface area contributed by atoms with Gasteiger partial charge in [-0.1, -0.05) is 11.6 Å². The van der Waals surface area contributed by atoms with Gasteiger partial charge in [0, 0.05) is 18.6 Å². The Labute approximate surface area is 111 Å². The summed E-state index contributed by atoms with van der Waals surface area (Å²) in [6.45, 7) is 0.777. The van der Waals surface area contributed by atoms with E-state index in [2.05, 4.69) is 0 Å². The normalized spacial score (nSPS) is 19.8. The Kier molecular flexibility index (Phi) is 4.72. The van der Waals surface area contributed by atoms with Gasteiger partial charge in [0.1, 0.15) is 5.82 Å². The van der Waals surface area contributed by atoms with E-state index in [1.54, 1.807) is 0 Å². The molecule has 1 aliphatic heterocycles. The first-order valence-corrected chi connectivity index (χ1v) is 6.64. The zero-order valence-electron chi connectivity index (χ0n) is 10.1. The summed E-state index contributed by atoms with van der Waals surface area (Å²) in [5.41, 5.74) is 0.271. The van der Waals surface area contributed by atoms with Crippen LogP contribution >= 0.6 is 11.6 Å². The molecule has 0 bridgehead atoms. The van der Waals surface area contributed by atoms with E-state index in [0.29, 0.717) is 17.9 Å². The zero-order valence-corrected chi connectivity index (χ0v) is 10.9. The van der Waals surface area contributed by atoms with Gasteiger partial charge in [0.25, 0.3) is 0 Å². The molecule has 2 rings (SSSR count). The summed E-state index contributed by atoms with van der Waals surface area (Å²) in [5.74, 6) is -0.551. The fraction of sp³-hybridized carbons (Fsp3) is 0.500. The lowest BCUT2D eigenvalue weighted by Crippen LogP contribution is -2.20. The van der Waals surface area contributed by atoms with Crippen LogP contribution in [-0.4, -0.2) is 18.5 Å². The molecular weight excluding hydrogens is 255 g/mol. The van der Waals surface area contributed by atoms with Crippen molar-refractivity contribution < 1.29 is 13.9 Å². The van der Waals surface area contributed by atoms with Crippen molar-refractivity contribution in [2.75, 3.05) is 6.61 Å². The summed E-state index contributed by atoms with van der Waals surface area (Å²) in [5, 5.41) is 0.311. The van der Waals surface area contributed by atoms with Crippen LogP contribution in [0.5, 0.6) is 0 Å². The fourth-order valence-electron chi connectivity index (χ4n) is 2.17. The van der Waals surface area contributed by atoms with Gasteiger partial charge in [-0.3, -0.25) is 4.79 Å². The van der Waals surface area contributed by atoms with Crippen LogP contribution in [-0.2, 0) is 4.74 Å². The first-order valence-electron chi connectivity index (χ1n) is 6.26. The molecule has 0 saturated carbocycles. The van der Waals surface area contributed by atoms with Gasteiger partial charge in [-0.15, -0.1) is 0 Å². The third-order valence-corrected chi connectivity index (χ3v) is 3.53. The van der Waals surface area contributed by atoms with Crippen LogP contribution in [0.25, 0.3) is 0 Å². The van der Waals surface area contributed by atoms with Crippen molar-refractivity contribution in [3.05, 3.63) is 34.6 Å². The van der Waals surface area contributed by atoms with E-state index in [4.69, 9.17) is 16.3 Å². The number of hydrogen-bond donors (Lipinski definition) is 0. The molecule has 1 saturated heterocycles. The van der Waals surface area contributed by atoms with Crippen LogP contribution in [0.3, 0.4) is 0 Å². The number of ketones is 1. The van der Waals surface area contributed by atoms with Crippen molar-refractivity contribution in [3.63, 3.8) is 0 Å². The van der Waals surface area contributed by atoms with Crippen molar-refractivity contribution in [2.45, 2.75) is 38.2 Å². The fourth-order valence-corrected chi connectivity index (χ4v) is 2.40. The SMILES string of the molecule is O=C(CCC1CCCCO1)c1cc(F)ccc1Cl. The summed E-state index contributed by atoms with van der Waals surface area (Å²) in [6, 6.07) is 3.87. The van der Waals surface area contributed by atoms with E-state index in [-0.39, 0.29) is 17.5 Å². The van der Waals surface area contributed by atoms with E-state index in [9.17, 15) is 9.18 Å². The smallest absolute Gasteiger partial charge is 0.164 e.